The Labute approximate surface area is 122 Å². The summed E-state index contributed by atoms with van der Waals surface area (Å²) in [6.07, 6.45) is 5.08. The van der Waals surface area contributed by atoms with Crippen LogP contribution in [0.3, 0.4) is 0 Å². The molecule has 1 N–H and O–H groups in total. The van der Waals surface area contributed by atoms with Crippen LogP contribution in [0.5, 0.6) is 0 Å². The van der Waals surface area contributed by atoms with Crippen LogP contribution in [0.25, 0.3) is 10.9 Å². The second-order valence-electron chi connectivity index (χ2n) is 4.08. The summed E-state index contributed by atoms with van der Waals surface area (Å²) in [6, 6.07) is 6.97. The van der Waals surface area contributed by atoms with Crippen LogP contribution >= 0.6 is 27.5 Å². The number of benzene rings is 1. The summed E-state index contributed by atoms with van der Waals surface area (Å²) in [7, 11) is 0. The molecule has 0 saturated heterocycles. The second kappa shape index (κ2) is 4.79. The average molecular weight is 336 g/mol. The zero-order valence-corrected chi connectivity index (χ0v) is 12.0. The number of H-pyrrole nitrogens is 1. The van der Waals surface area contributed by atoms with Crippen molar-refractivity contribution in [1.29, 1.82) is 0 Å². The summed E-state index contributed by atoms with van der Waals surface area (Å²) >= 11 is 9.25. The first-order valence-corrected chi connectivity index (χ1v) is 6.75. The van der Waals surface area contributed by atoms with E-state index in [1.807, 2.05) is 6.07 Å². The summed E-state index contributed by atoms with van der Waals surface area (Å²) in [6.45, 7) is 0. The Hall–Kier alpha value is -1.65. The molecule has 3 nitrogen and oxygen atoms in total. The Morgan fingerprint density at radius 1 is 1.32 bits per heavy atom. The average Bonchev–Trinajstić information content (AvgIpc) is 2.85. The Balaban J connectivity index is 2.11. The van der Waals surface area contributed by atoms with E-state index in [-0.39, 0.29) is 5.78 Å². The van der Waals surface area contributed by atoms with Crippen molar-refractivity contribution in [3.05, 3.63) is 63.5 Å². The minimum absolute atomic E-state index is 0.0587. The van der Waals surface area contributed by atoms with Crippen molar-refractivity contribution in [3.63, 3.8) is 0 Å². The van der Waals surface area contributed by atoms with Crippen molar-refractivity contribution in [2.75, 3.05) is 0 Å². The number of carbonyl (C=O) groups excluding carboxylic acids is 1. The van der Waals surface area contributed by atoms with Gasteiger partial charge in [-0.3, -0.25) is 9.78 Å². The van der Waals surface area contributed by atoms with Crippen molar-refractivity contribution >= 4 is 44.2 Å². The molecule has 0 aliphatic heterocycles. The molecule has 0 bridgehead atoms. The van der Waals surface area contributed by atoms with Gasteiger partial charge >= 0.3 is 0 Å². The number of aromatic nitrogens is 2. The van der Waals surface area contributed by atoms with E-state index in [2.05, 4.69) is 25.9 Å². The lowest BCUT2D eigenvalue weighted by atomic mass is 10.0. The quantitative estimate of drug-likeness (QED) is 0.713. The second-order valence-corrected chi connectivity index (χ2v) is 5.34. The minimum Gasteiger partial charge on any atom is -0.360 e. The molecule has 0 aliphatic rings. The molecule has 0 radical (unpaired) electrons. The molecule has 3 rings (SSSR count). The number of hydrogen-bond acceptors (Lipinski definition) is 2. The molecule has 19 heavy (non-hydrogen) atoms. The van der Waals surface area contributed by atoms with Crippen molar-refractivity contribution in [2.45, 2.75) is 0 Å². The summed E-state index contributed by atoms with van der Waals surface area (Å²) in [4.78, 5) is 19.6. The highest BCUT2D eigenvalue weighted by Gasteiger charge is 2.15. The lowest BCUT2D eigenvalue weighted by molar-refractivity contribution is 0.104. The lowest BCUT2D eigenvalue weighted by Gasteiger charge is -2.02. The minimum atomic E-state index is -0.0587. The molecule has 2 heterocycles. The van der Waals surface area contributed by atoms with E-state index in [1.54, 1.807) is 36.8 Å². The number of nitrogens with zero attached hydrogens (tertiary/aromatic N) is 1. The number of nitrogens with one attached hydrogen (secondary N) is 1. The van der Waals surface area contributed by atoms with E-state index in [1.165, 1.54) is 0 Å². The third kappa shape index (κ3) is 2.17. The Morgan fingerprint density at radius 3 is 2.95 bits per heavy atom. The molecule has 0 unspecified atom stereocenters. The van der Waals surface area contributed by atoms with Crippen LogP contribution in [0.15, 0.2) is 47.3 Å². The fraction of sp³-hybridized carbons (Fsp3) is 0. The predicted octanol–water partition coefficient (Wildman–Crippen LogP) is 4.21. The number of rotatable bonds is 2. The molecule has 1 aromatic carbocycles. The highest BCUT2D eigenvalue weighted by atomic mass is 79.9. The summed E-state index contributed by atoms with van der Waals surface area (Å²) in [5.41, 5.74) is 2.09. The SMILES string of the molecule is O=C(c1ccc(Cl)c(Br)c1)c1c[nH]c2ccncc12. The monoisotopic (exact) mass is 334 g/mol. The number of pyridine rings is 1. The molecule has 0 saturated carbocycles. The number of ketones is 1. The number of halogens is 2. The summed E-state index contributed by atoms with van der Waals surface area (Å²) in [5.74, 6) is -0.0587. The third-order valence-corrected chi connectivity index (χ3v) is 4.12. The van der Waals surface area contributed by atoms with Gasteiger partial charge in [-0.05, 0) is 40.2 Å². The van der Waals surface area contributed by atoms with Crippen molar-refractivity contribution < 1.29 is 4.79 Å². The molecule has 0 amide bonds. The zero-order chi connectivity index (χ0) is 13.4. The molecule has 0 fully saturated rings. The highest BCUT2D eigenvalue weighted by molar-refractivity contribution is 9.10. The van der Waals surface area contributed by atoms with Gasteiger partial charge in [-0.25, -0.2) is 0 Å². The first kappa shape index (κ1) is 12.4. The summed E-state index contributed by atoms with van der Waals surface area (Å²) < 4.78 is 0.706. The van der Waals surface area contributed by atoms with Gasteiger partial charge in [0.05, 0.1) is 5.02 Å². The Morgan fingerprint density at radius 2 is 2.16 bits per heavy atom. The van der Waals surface area contributed by atoms with Crippen LogP contribution in [0.2, 0.25) is 5.02 Å². The van der Waals surface area contributed by atoms with E-state index >= 15 is 0 Å². The first-order valence-electron chi connectivity index (χ1n) is 5.57. The van der Waals surface area contributed by atoms with Crippen molar-refractivity contribution in [2.24, 2.45) is 0 Å². The van der Waals surface area contributed by atoms with Gasteiger partial charge in [-0.2, -0.15) is 0 Å². The fourth-order valence-corrected chi connectivity index (χ4v) is 2.44. The van der Waals surface area contributed by atoms with Gasteiger partial charge in [-0.1, -0.05) is 11.6 Å². The number of aromatic amines is 1. The van der Waals surface area contributed by atoms with Gasteiger partial charge in [0, 0.05) is 45.1 Å². The smallest absolute Gasteiger partial charge is 0.195 e. The number of fused-ring (bicyclic) bond motifs is 1. The van der Waals surface area contributed by atoms with E-state index in [0.29, 0.717) is 20.6 Å². The normalized spacial score (nSPS) is 10.8. The van der Waals surface area contributed by atoms with Gasteiger partial charge in [0.1, 0.15) is 0 Å². The molecule has 0 spiro atoms. The number of carbonyl (C=O) groups is 1. The van der Waals surface area contributed by atoms with Crippen LogP contribution in [-0.2, 0) is 0 Å². The Bertz CT molecular complexity index is 782. The first-order chi connectivity index (χ1) is 9.16. The highest BCUT2D eigenvalue weighted by Crippen LogP contribution is 2.26. The topological polar surface area (TPSA) is 45.8 Å². The predicted molar refractivity (Wildman–Crippen MR) is 78.7 cm³/mol. The molecular formula is C14H8BrClN2O. The van der Waals surface area contributed by atoms with Gasteiger partial charge in [-0.15, -0.1) is 0 Å². The maximum Gasteiger partial charge on any atom is 0.195 e. The third-order valence-electron chi connectivity index (χ3n) is 2.91. The maximum absolute atomic E-state index is 12.5. The molecule has 3 aromatic rings. The van der Waals surface area contributed by atoms with E-state index in [4.69, 9.17) is 11.6 Å². The van der Waals surface area contributed by atoms with Crippen LogP contribution in [0, 0.1) is 0 Å². The standard InChI is InChI=1S/C14H8BrClN2O/c15-11-5-8(1-2-12(11)16)14(19)10-7-18-13-3-4-17-6-9(10)13/h1-7,18H. The maximum atomic E-state index is 12.5. The van der Waals surface area contributed by atoms with Crippen LogP contribution in [0.4, 0.5) is 0 Å². The molecule has 0 aliphatic carbocycles. The molecule has 0 atom stereocenters. The number of hydrogen-bond donors (Lipinski definition) is 1. The van der Waals surface area contributed by atoms with Crippen molar-refractivity contribution in [3.8, 4) is 0 Å². The van der Waals surface area contributed by atoms with E-state index in [0.717, 1.165) is 10.9 Å². The van der Waals surface area contributed by atoms with Gasteiger partial charge in [0.15, 0.2) is 5.78 Å². The largest absolute Gasteiger partial charge is 0.360 e. The molecule has 5 heteroatoms. The lowest BCUT2D eigenvalue weighted by Crippen LogP contribution is -2.00. The molecule has 2 aromatic heterocycles. The van der Waals surface area contributed by atoms with E-state index < -0.39 is 0 Å². The van der Waals surface area contributed by atoms with Gasteiger partial charge in [0.2, 0.25) is 0 Å². The van der Waals surface area contributed by atoms with Crippen LogP contribution < -0.4 is 0 Å². The van der Waals surface area contributed by atoms with Crippen molar-refractivity contribution in [1.82, 2.24) is 9.97 Å². The summed E-state index contributed by atoms with van der Waals surface area (Å²) in [5, 5.41) is 1.40. The molecular weight excluding hydrogens is 328 g/mol. The Kier molecular flexibility index (Phi) is 3.12. The van der Waals surface area contributed by atoms with Crippen LogP contribution in [-0.4, -0.2) is 15.8 Å². The van der Waals surface area contributed by atoms with Gasteiger partial charge < -0.3 is 4.98 Å². The zero-order valence-electron chi connectivity index (χ0n) is 9.65. The van der Waals surface area contributed by atoms with E-state index in [9.17, 15) is 4.79 Å². The van der Waals surface area contributed by atoms with Gasteiger partial charge in [0.25, 0.3) is 0 Å². The van der Waals surface area contributed by atoms with Crippen LogP contribution in [0.1, 0.15) is 15.9 Å². The fourth-order valence-electron chi connectivity index (χ4n) is 1.94. The molecule has 94 valence electrons.